The molecule has 2 rings (SSSR count). The Balaban J connectivity index is 2.09. The Bertz CT molecular complexity index is 453. The Kier molecular flexibility index (Phi) is 5.22. The number of nitrogens with two attached hydrogens (primary N) is 1. The fourth-order valence-electron chi connectivity index (χ4n) is 2.36. The zero-order valence-corrected chi connectivity index (χ0v) is 12.8. The van der Waals surface area contributed by atoms with E-state index in [0.29, 0.717) is 12.0 Å². The number of benzene rings is 1. The summed E-state index contributed by atoms with van der Waals surface area (Å²) < 4.78 is 1.00. The van der Waals surface area contributed by atoms with E-state index in [4.69, 9.17) is 5.84 Å². The monoisotopic (exact) mass is 324 g/mol. The molecular weight excluding hydrogens is 304 g/mol. The van der Waals surface area contributed by atoms with Gasteiger partial charge < -0.3 is 5.32 Å². The van der Waals surface area contributed by atoms with Gasteiger partial charge in [-0.1, -0.05) is 25.3 Å². The second-order valence-corrected chi connectivity index (χ2v) is 5.88. The number of guanidine groups is 1. The molecule has 0 unspecified atom stereocenters. The van der Waals surface area contributed by atoms with Crippen LogP contribution in [0.3, 0.4) is 0 Å². The van der Waals surface area contributed by atoms with Crippen molar-refractivity contribution in [1.29, 1.82) is 0 Å². The van der Waals surface area contributed by atoms with Crippen LogP contribution in [0, 0.1) is 6.92 Å². The van der Waals surface area contributed by atoms with Crippen LogP contribution < -0.4 is 16.6 Å². The number of aliphatic imine (C=N–C) groups is 1. The molecule has 0 aliphatic heterocycles. The maximum atomic E-state index is 5.57. The molecule has 19 heavy (non-hydrogen) atoms. The highest BCUT2D eigenvalue weighted by Gasteiger charge is 2.13. The summed E-state index contributed by atoms with van der Waals surface area (Å²) >= 11 is 3.53. The van der Waals surface area contributed by atoms with Gasteiger partial charge in [-0.3, -0.25) is 5.43 Å². The molecule has 4 nitrogen and oxygen atoms in total. The van der Waals surface area contributed by atoms with Crippen molar-refractivity contribution in [1.82, 2.24) is 5.43 Å². The summed E-state index contributed by atoms with van der Waals surface area (Å²) in [5.41, 5.74) is 4.84. The lowest BCUT2D eigenvalue weighted by molar-refractivity contribution is 0.442. The SMILES string of the molecule is Cc1ccc(Br)c(NC(=NC2CCCCC2)NN)c1. The quantitative estimate of drug-likeness (QED) is 0.338. The molecule has 5 heteroatoms. The van der Waals surface area contributed by atoms with Gasteiger partial charge >= 0.3 is 0 Å². The molecule has 104 valence electrons. The van der Waals surface area contributed by atoms with Crippen LogP contribution in [-0.4, -0.2) is 12.0 Å². The van der Waals surface area contributed by atoms with E-state index >= 15 is 0 Å². The van der Waals surface area contributed by atoms with Gasteiger partial charge in [0.05, 0.1) is 11.7 Å². The molecule has 1 aromatic carbocycles. The number of hydrogen-bond acceptors (Lipinski definition) is 2. The summed E-state index contributed by atoms with van der Waals surface area (Å²) in [7, 11) is 0. The van der Waals surface area contributed by atoms with E-state index in [1.165, 1.54) is 24.8 Å². The largest absolute Gasteiger partial charge is 0.324 e. The molecule has 1 aromatic rings. The first-order valence-corrected chi connectivity index (χ1v) is 7.56. The third kappa shape index (κ3) is 4.21. The van der Waals surface area contributed by atoms with Crippen molar-refractivity contribution in [2.45, 2.75) is 45.1 Å². The smallest absolute Gasteiger partial charge is 0.210 e. The summed E-state index contributed by atoms with van der Waals surface area (Å²) in [6, 6.07) is 6.53. The molecule has 1 fully saturated rings. The fraction of sp³-hybridized carbons (Fsp3) is 0.500. The van der Waals surface area contributed by atoms with Gasteiger partial charge in [0.25, 0.3) is 0 Å². The van der Waals surface area contributed by atoms with Crippen LogP contribution in [0.2, 0.25) is 0 Å². The van der Waals surface area contributed by atoms with Gasteiger partial charge in [-0.25, -0.2) is 10.8 Å². The maximum Gasteiger partial charge on any atom is 0.210 e. The van der Waals surface area contributed by atoms with Crippen molar-refractivity contribution < 1.29 is 0 Å². The van der Waals surface area contributed by atoms with E-state index < -0.39 is 0 Å². The fourth-order valence-corrected chi connectivity index (χ4v) is 2.71. The number of anilines is 1. The number of halogens is 1. The lowest BCUT2D eigenvalue weighted by Crippen LogP contribution is -2.37. The van der Waals surface area contributed by atoms with Gasteiger partial charge in [-0.15, -0.1) is 0 Å². The van der Waals surface area contributed by atoms with Gasteiger partial charge in [-0.05, 0) is 53.4 Å². The zero-order valence-electron chi connectivity index (χ0n) is 11.2. The van der Waals surface area contributed by atoms with Crippen LogP contribution in [0.5, 0.6) is 0 Å². The first kappa shape index (κ1) is 14.3. The van der Waals surface area contributed by atoms with Crippen LogP contribution in [0.1, 0.15) is 37.7 Å². The minimum Gasteiger partial charge on any atom is -0.324 e. The highest BCUT2D eigenvalue weighted by molar-refractivity contribution is 9.10. The third-order valence-electron chi connectivity index (χ3n) is 3.40. The predicted octanol–water partition coefficient (Wildman–Crippen LogP) is 3.32. The van der Waals surface area contributed by atoms with Crippen molar-refractivity contribution in [3.8, 4) is 0 Å². The minimum atomic E-state index is 0.385. The van der Waals surface area contributed by atoms with E-state index in [1.54, 1.807) is 0 Å². The first-order valence-electron chi connectivity index (χ1n) is 6.76. The minimum absolute atomic E-state index is 0.385. The van der Waals surface area contributed by atoms with E-state index in [0.717, 1.165) is 23.0 Å². The van der Waals surface area contributed by atoms with Crippen molar-refractivity contribution in [3.05, 3.63) is 28.2 Å². The molecule has 0 bridgehead atoms. The van der Waals surface area contributed by atoms with Crippen LogP contribution in [0.25, 0.3) is 0 Å². The molecule has 0 spiro atoms. The Hall–Kier alpha value is -1.07. The standard InChI is InChI=1S/C14H21BrN4/c1-10-7-8-12(15)13(9-10)18-14(19-16)17-11-5-3-2-4-6-11/h7-9,11H,2-6,16H2,1H3,(H2,17,18,19). The molecule has 0 heterocycles. The normalized spacial score (nSPS) is 17.3. The molecule has 1 saturated carbocycles. The summed E-state index contributed by atoms with van der Waals surface area (Å²) in [6.07, 6.45) is 6.16. The van der Waals surface area contributed by atoms with Crippen molar-refractivity contribution in [3.63, 3.8) is 0 Å². The van der Waals surface area contributed by atoms with E-state index in [1.807, 2.05) is 6.07 Å². The number of nitrogens with zero attached hydrogens (tertiary/aromatic N) is 1. The topological polar surface area (TPSA) is 62.4 Å². The molecule has 4 N–H and O–H groups in total. The number of nitrogens with one attached hydrogen (secondary N) is 2. The van der Waals surface area contributed by atoms with Gasteiger partial charge in [0.1, 0.15) is 0 Å². The number of aryl methyl sites for hydroxylation is 1. The first-order chi connectivity index (χ1) is 9.19. The van der Waals surface area contributed by atoms with Gasteiger partial charge in [-0.2, -0.15) is 0 Å². The Morgan fingerprint density at radius 2 is 2.05 bits per heavy atom. The summed E-state index contributed by atoms with van der Waals surface area (Å²) in [4.78, 5) is 4.67. The zero-order chi connectivity index (χ0) is 13.7. The average Bonchev–Trinajstić information content (AvgIpc) is 2.43. The summed E-state index contributed by atoms with van der Waals surface area (Å²) in [6.45, 7) is 2.06. The van der Waals surface area contributed by atoms with Crippen molar-refractivity contribution in [2.75, 3.05) is 5.32 Å². The molecular formula is C14H21BrN4. The van der Waals surface area contributed by atoms with Crippen LogP contribution >= 0.6 is 15.9 Å². The molecule has 0 aromatic heterocycles. The highest BCUT2D eigenvalue weighted by Crippen LogP contribution is 2.24. The number of hydrogen-bond donors (Lipinski definition) is 3. The Morgan fingerprint density at radius 3 is 2.74 bits per heavy atom. The lowest BCUT2D eigenvalue weighted by atomic mass is 9.96. The molecule has 1 aliphatic rings. The van der Waals surface area contributed by atoms with Crippen LogP contribution in [0.15, 0.2) is 27.7 Å². The van der Waals surface area contributed by atoms with E-state index in [2.05, 4.69) is 50.7 Å². The van der Waals surface area contributed by atoms with Crippen LogP contribution in [0.4, 0.5) is 5.69 Å². The second-order valence-electron chi connectivity index (χ2n) is 5.02. The lowest BCUT2D eigenvalue weighted by Gasteiger charge is -2.20. The highest BCUT2D eigenvalue weighted by atomic mass is 79.9. The third-order valence-corrected chi connectivity index (χ3v) is 4.09. The van der Waals surface area contributed by atoms with E-state index in [-0.39, 0.29) is 0 Å². The predicted molar refractivity (Wildman–Crippen MR) is 84.1 cm³/mol. The van der Waals surface area contributed by atoms with Gasteiger partial charge in [0, 0.05) is 4.47 Å². The van der Waals surface area contributed by atoms with Gasteiger partial charge in [0.2, 0.25) is 5.96 Å². The van der Waals surface area contributed by atoms with Crippen LogP contribution in [-0.2, 0) is 0 Å². The number of rotatable bonds is 2. The van der Waals surface area contributed by atoms with Gasteiger partial charge in [0.15, 0.2) is 0 Å². The summed E-state index contributed by atoms with van der Waals surface area (Å²) in [5.74, 6) is 6.20. The second kappa shape index (κ2) is 6.91. The molecule has 0 saturated heterocycles. The maximum absolute atomic E-state index is 5.57. The van der Waals surface area contributed by atoms with Crippen molar-refractivity contribution >= 4 is 27.6 Å². The Labute approximate surface area is 123 Å². The average molecular weight is 325 g/mol. The van der Waals surface area contributed by atoms with Crippen molar-refractivity contribution in [2.24, 2.45) is 10.8 Å². The summed E-state index contributed by atoms with van der Waals surface area (Å²) in [5, 5.41) is 3.25. The molecule has 0 atom stereocenters. The molecule has 0 radical (unpaired) electrons. The van der Waals surface area contributed by atoms with E-state index in [9.17, 15) is 0 Å². The number of hydrazine groups is 1. The molecule has 0 amide bonds. The molecule has 1 aliphatic carbocycles. The Morgan fingerprint density at radius 1 is 1.32 bits per heavy atom.